The number of hydrogen-bond donors (Lipinski definition) is 2. The molecule has 2 amide bonds. The molecule has 9 nitrogen and oxygen atoms in total. The maximum atomic E-state index is 12.0. The lowest BCUT2D eigenvalue weighted by molar-refractivity contribution is -0.384. The predicted molar refractivity (Wildman–Crippen MR) is 86.3 cm³/mol. The third-order valence-electron chi connectivity index (χ3n) is 3.85. The highest BCUT2D eigenvalue weighted by Gasteiger charge is 2.28. The van der Waals surface area contributed by atoms with E-state index in [0.29, 0.717) is 31.6 Å². The van der Waals surface area contributed by atoms with Crippen molar-refractivity contribution in [3.63, 3.8) is 0 Å². The molecule has 2 rings (SSSR count). The van der Waals surface area contributed by atoms with Crippen LogP contribution in [-0.4, -0.2) is 36.6 Å². The van der Waals surface area contributed by atoms with Crippen molar-refractivity contribution in [3.8, 4) is 0 Å². The minimum atomic E-state index is -0.705. The minimum absolute atomic E-state index is 0.0596. The summed E-state index contributed by atoms with van der Waals surface area (Å²) in [5.41, 5.74) is 5.14. The summed E-state index contributed by atoms with van der Waals surface area (Å²) >= 11 is 0. The molecule has 0 radical (unpaired) electrons. The molecule has 1 aromatic rings. The van der Waals surface area contributed by atoms with Gasteiger partial charge in [0.1, 0.15) is 5.69 Å². The minimum Gasteiger partial charge on any atom is -0.449 e. The first kappa shape index (κ1) is 17.5. The summed E-state index contributed by atoms with van der Waals surface area (Å²) in [5.74, 6) is -0.545. The summed E-state index contributed by atoms with van der Waals surface area (Å²) in [4.78, 5) is 35.8. The second-order valence-electron chi connectivity index (χ2n) is 5.34. The zero-order valence-electron chi connectivity index (χ0n) is 13.4. The van der Waals surface area contributed by atoms with Gasteiger partial charge in [0.15, 0.2) is 0 Å². The number of ether oxygens (including phenoxy) is 1. The first-order valence-corrected chi connectivity index (χ1v) is 7.74. The zero-order chi connectivity index (χ0) is 17.5. The van der Waals surface area contributed by atoms with Gasteiger partial charge in [-0.3, -0.25) is 20.3 Å². The van der Waals surface area contributed by atoms with Gasteiger partial charge in [0.25, 0.3) is 5.69 Å². The molecule has 9 heteroatoms. The summed E-state index contributed by atoms with van der Waals surface area (Å²) in [6.07, 6.45) is 0.383. The number of nitro groups is 1. The van der Waals surface area contributed by atoms with Gasteiger partial charge in [-0.2, -0.15) is 0 Å². The summed E-state index contributed by atoms with van der Waals surface area (Å²) in [5, 5.41) is 11.1. The van der Waals surface area contributed by atoms with E-state index in [9.17, 15) is 19.7 Å². The fourth-order valence-corrected chi connectivity index (χ4v) is 2.65. The van der Waals surface area contributed by atoms with Crippen LogP contribution in [0.3, 0.4) is 0 Å². The van der Waals surface area contributed by atoms with Crippen molar-refractivity contribution in [2.24, 2.45) is 5.92 Å². The maximum absolute atomic E-state index is 12.0. The Morgan fingerprint density at radius 1 is 1.29 bits per heavy atom. The molecule has 0 aromatic heterocycles. The van der Waals surface area contributed by atoms with Crippen molar-refractivity contribution in [1.82, 2.24) is 10.9 Å². The van der Waals surface area contributed by atoms with Gasteiger partial charge in [0.05, 0.1) is 11.5 Å². The van der Waals surface area contributed by atoms with Crippen LogP contribution in [0.2, 0.25) is 0 Å². The van der Waals surface area contributed by atoms with Gasteiger partial charge < -0.3 is 9.64 Å². The number of carbonyl (C=O) groups is 2. The molecule has 1 fully saturated rings. The van der Waals surface area contributed by atoms with Gasteiger partial charge in [-0.05, 0) is 25.8 Å². The molecule has 0 aliphatic carbocycles. The van der Waals surface area contributed by atoms with E-state index in [1.807, 2.05) is 4.90 Å². The van der Waals surface area contributed by atoms with Crippen LogP contribution in [0, 0.1) is 16.0 Å². The molecule has 1 aliphatic rings. The van der Waals surface area contributed by atoms with Gasteiger partial charge in [-0.25, -0.2) is 10.2 Å². The highest BCUT2D eigenvalue weighted by atomic mass is 16.6. The standard InChI is InChI=1S/C15H20N4O5/c1-2-24-15(21)17-16-14(20)11-7-9-18(10-8-11)12-5-3-4-6-13(12)19(22)23/h3-6,11H,2,7-10H2,1H3,(H,16,20)(H,17,21). The number of amides is 2. The van der Waals surface area contributed by atoms with Crippen LogP contribution in [0.15, 0.2) is 24.3 Å². The Balaban J connectivity index is 1.88. The van der Waals surface area contributed by atoms with E-state index in [0.717, 1.165) is 0 Å². The third kappa shape index (κ3) is 4.34. The van der Waals surface area contributed by atoms with Crippen molar-refractivity contribution >= 4 is 23.4 Å². The van der Waals surface area contributed by atoms with Crippen LogP contribution in [0.1, 0.15) is 19.8 Å². The summed E-state index contributed by atoms with van der Waals surface area (Å²) in [6.45, 7) is 2.94. The quantitative estimate of drug-likeness (QED) is 0.637. The normalized spacial score (nSPS) is 14.8. The molecule has 24 heavy (non-hydrogen) atoms. The van der Waals surface area contributed by atoms with Gasteiger partial charge in [0.2, 0.25) is 5.91 Å². The molecule has 1 aromatic carbocycles. The average molecular weight is 336 g/mol. The van der Waals surface area contributed by atoms with Gasteiger partial charge in [0, 0.05) is 25.1 Å². The molecule has 2 N–H and O–H groups in total. The van der Waals surface area contributed by atoms with Crippen LogP contribution in [-0.2, 0) is 9.53 Å². The van der Waals surface area contributed by atoms with Gasteiger partial charge in [-0.15, -0.1) is 0 Å². The average Bonchev–Trinajstić information content (AvgIpc) is 2.60. The number of nitro benzene ring substituents is 1. The van der Waals surface area contributed by atoms with Crippen LogP contribution in [0.5, 0.6) is 0 Å². The zero-order valence-corrected chi connectivity index (χ0v) is 13.4. The number of benzene rings is 1. The van der Waals surface area contributed by atoms with E-state index in [2.05, 4.69) is 15.6 Å². The van der Waals surface area contributed by atoms with E-state index < -0.39 is 11.0 Å². The van der Waals surface area contributed by atoms with Crippen molar-refractivity contribution in [3.05, 3.63) is 34.4 Å². The van der Waals surface area contributed by atoms with E-state index in [-0.39, 0.29) is 24.1 Å². The largest absolute Gasteiger partial charge is 0.449 e. The van der Waals surface area contributed by atoms with Gasteiger partial charge in [-0.1, -0.05) is 12.1 Å². The highest BCUT2D eigenvalue weighted by Crippen LogP contribution is 2.31. The molecule has 1 heterocycles. The monoisotopic (exact) mass is 336 g/mol. The second-order valence-corrected chi connectivity index (χ2v) is 5.34. The number of anilines is 1. The molecule has 0 spiro atoms. The Kier molecular flexibility index (Phi) is 5.94. The number of rotatable bonds is 4. The predicted octanol–water partition coefficient (Wildman–Crippen LogP) is 1.59. The van der Waals surface area contributed by atoms with Crippen molar-refractivity contribution in [2.45, 2.75) is 19.8 Å². The second kappa shape index (κ2) is 8.14. The Morgan fingerprint density at radius 2 is 1.96 bits per heavy atom. The van der Waals surface area contributed by atoms with Crippen LogP contribution < -0.4 is 15.8 Å². The first-order valence-electron chi connectivity index (χ1n) is 7.74. The van der Waals surface area contributed by atoms with E-state index in [1.54, 1.807) is 25.1 Å². The Hall–Kier alpha value is -2.84. The van der Waals surface area contributed by atoms with E-state index in [4.69, 9.17) is 0 Å². The fourth-order valence-electron chi connectivity index (χ4n) is 2.65. The van der Waals surface area contributed by atoms with Crippen LogP contribution in [0.4, 0.5) is 16.2 Å². The number of nitrogens with zero attached hydrogens (tertiary/aromatic N) is 2. The molecule has 0 bridgehead atoms. The van der Waals surface area contributed by atoms with Gasteiger partial charge >= 0.3 is 6.09 Å². The maximum Gasteiger partial charge on any atom is 0.426 e. The summed E-state index contributed by atoms with van der Waals surface area (Å²) < 4.78 is 4.65. The lowest BCUT2D eigenvalue weighted by Crippen LogP contribution is -2.47. The number of nitrogens with one attached hydrogen (secondary N) is 2. The first-order chi connectivity index (χ1) is 11.5. The summed E-state index contributed by atoms with van der Waals surface area (Å²) in [6, 6.07) is 6.56. The fraction of sp³-hybridized carbons (Fsp3) is 0.467. The molecule has 130 valence electrons. The molecular weight excluding hydrogens is 316 g/mol. The number of carbonyl (C=O) groups excluding carboxylic acids is 2. The van der Waals surface area contributed by atoms with E-state index in [1.165, 1.54) is 6.07 Å². The SMILES string of the molecule is CCOC(=O)NNC(=O)C1CCN(c2ccccc2[N+](=O)[O-])CC1. The number of para-hydroxylation sites is 2. The molecule has 0 saturated carbocycles. The Bertz CT molecular complexity index is 614. The molecule has 0 atom stereocenters. The van der Waals surface area contributed by atoms with Crippen molar-refractivity contribution in [2.75, 3.05) is 24.6 Å². The number of hydrazine groups is 1. The molecule has 0 unspecified atom stereocenters. The topological polar surface area (TPSA) is 114 Å². The van der Waals surface area contributed by atoms with Crippen molar-refractivity contribution < 1.29 is 19.2 Å². The lowest BCUT2D eigenvalue weighted by Gasteiger charge is -2.32. The lowest BCUT2D eigenvalue weighted by atomic mass is 9.95. The smallest absolute Gasteiger partial charge is 0.426 e. The highest BCUT2D eigenvalue weighted by molar-refractivity contribution is 5.81. The Morgan fingerprint density at radius 3 is 2.58 bits per heavy atom. The van der Waals surface area contributed by atoms with E-state index >= 15 is 0 Å². The molecule has 1 saturated heterocycles. The number of hydrogen-bond acceptors (Lipinski definition) is 6. The van der Waals surface area contributed by atoms with Crippen LogP contribution in [0.25, 0.3) is 0 Å². The molecular formula is C15H20N4O5. The van der Waals surface area contributed by atoms with Crippen LogP contribution >= 0.6 is 0 Å². The third-order valence-corrected chi connectivity index (χ3v) is 3.85. The Labute approximate surface area is 139 Å². The number of piperidine rings is 1. The van der Waals surface area contributed by atoms with Crippen molar-refractivity contribution in [1.29, 1.82) is 0 Å². The molecule has 1 aliphatic heterocycles. The summed E-state index contributed by atoms with van der Waals surface area (Å²) in [7, 11) is 0.